The molecular formula is C14H18N2O2. The van der Waals surface area contributed by atoms with Crippen LogP contribution >= 0.6 is 0 Å². The summed E-state index contributed by atoms with van der Waals surface area (Å²) in [7, 11) is 0. The molecule has 18 heavy (non-hydrogen) atoms. The number of para-hydroxylation sites is 1. The molecule has 0 aliphatic rings. The lowest BCUT2D eigenvalue weighted by Crippen LogP contribution is -2.35. The second-order valence-corrected chi connectivity index (χ2v) is 4.15. The predicted molar refractivity (Wildman–Crippen MR) is 70.1 cm³/mol. The Balaban J connectivity index is 2.72. The molecule has 0 aliphatic carbocycles. The molecule has 1 aromatic carbocycles. The largest absolute Gasteiger partial charge is 0.369 e. The van der Waals surface area contributed by atoms with Crippen LogP contribution in [0.2, 0.25) is 0 Å². The second-order valence-electron chi connectivity index (χ2n) is 4.15. The van der Waals surface area contributed by atoms with E-state index in [-0.39, 0.29) is 18.6 Å². The number of benzene rings is 1. The third kappa shape index (κ3) is 4.56. The fourth-order valence-corrected chi connectivity index (χ4v) is 1.48. The van der Waals surface area contributed by atoms with E-state index in [0.29, 0.717) is 13.0 Å². The molecule has 0 fully saturated rings. The first-order valence-corrected chi connectivity index (χ1v) is 5.99. The summed E-state index contributed by atoms with van der Waals surface area (Å²) in [5.41, 5.74) is 0.796. The number of anilines is 1. The van der Waals surface area contributed by atoms with Gasteiger partial charge in [-0.15, -0.1) is 0 Å². The zero-order chi connectivity index (χ0) is 13.4. The summed E-state index contributed by atoms with van der Waals surface area (Å²) in [4.78, 5) is 13.6. The zero-order valence-corrected chi connectivity index (χ0v) is 10.8. The molecule has 0 saturated carbocycles. The molecule has 0 radical (unpaired) electrons. The number of rotatable bonds is 6. The molecule has 0 N–H and O–H groups in total. The first-order chi connectivity index (χ1) is 8.65. The average Bonchev–Trinajstić information content (AvgIpc) is 2.38. The number of nitrogens with zero attached hydrogens (tertiary/aromatic N) is 2. The summed E-state index contributed by atoms with van der Waals surface area (Å²) in [5, 5.41) is 8.64. The van der Waals surface area contributed by atoms with Gasteiger partial charge in [0, 0.05) is 12.2 Å². The number of hydrogen-bond acceptors (Lipinski definition) is 3. The van der Waals surface area contributed by atoms with Gasteiger partial charge in [-0.3, -0.25) is 4.79 Å². The molecule has 0 atom stereocenters. The van der Waals surface area contributed by atoms with Crippen molar-refractivity contribution in [3.05, 3.63) is 30.3 Å². The fourth-order valence-electron chi connectivity index (χ4n) is 1.48. The Morgan fingerprint density at radius 3 is 2.61 bits per heavy atom. The van der Waals surface area contributed by atoms with E-state index in [9.17, 15) is 4.79 Å². The number of carbonyl (C=O) groups is 1. The van der Waals surface area contributed by atoms with Crippen molar-refractivity contribution in [1.82, 2.24) is 0 Å². The van der Waals surface area contributed by atoms with E-state index in [1.54, 1.807) is 4.90 Å². The van der Waals surface area contributed by atoms with Gasteiger partial charge in [-0.05, 0) is 26.0 Å². The summed E-state index contributed by atoms with van der Waals surface area (Å²) in [6.45, 7) is 4.20. The Hall–Kier alpha value is -1.86. The van der Waals surface area contributed by atoms with Gasteiger partial charge in [-0.1, -0.05) is 18.2 Å². The summed E-state index contributed by atoms with van der Waals surface area (Å²) in [6.07, 6.45) is 0.324. The monoisotopic (exact) mass is 246 g/mol. The first-order valence-electron chi connectivity index (χ1n) is 5.99. The third-order valence-electron chi connectivity index (χ3n) is 2.36. The summed E-state index contributed by atoms with van der Waals surface area (Å²) in [5.74, 6) is -0.120. The van der Waals surface area contributed by atoms with Crippen LogP contribution in [-0.4, -0.2) is 25.2 Å². The van der Waals surface area contributed by atoms with Gasteiger partial charge in [0.15, 0.2) is 0 Å². The molecule has 0 aromatic heterocycles. The summed E-state index contributed by atoms with van der Waals surface area (Å²) < 4.78 is 5.31. The Morgan fingerprint density at radius 1 is 1.39 bits per heavy atom. The maximum atomic E-state index is 12.0. The molecule has 0 aliphatic heterocycles. The van der Waals surface area contributed by atoms with E-state index in [1.165, 1.54) is 0 Å². The predicted octanol–water partition coefficient (Wildman–Crippen LogP) is 2.36. The van der Waals surface area contributed by atoms with Crippen LogP contribution in [0.3, 0.4) is 0 Å². The minimum Gasteiger partial charge on any atom is -0.369 e. The van der Waals surface area contributed by atoms with Crippen LogP contribution in [-0.2, 0) is 9.53 Å². The van der Waals surface area contributed by atoms with Crippen LogP contribution in [0.5, 0.6) is 0 Å². The highest BCUT2D eigenvalue weighted by Crippen LogP contribution is 2.14. The van der Waals surface area contributed by atoms with Crippen LogP contribution in [0, 0.1) is 11.3 Å². The van der Waals surface area contributed by atoms with Crippen molar-refractivity contribution in [3.63, 3.8) is 0 Å². The number of carbonyl (C=O) groups excluding carboxylic acids is 1. The van der Waals surface area contributed by atoms with Crippen LogP contribution in [0.4, 0.5) is 5.69 Å². The van der Waals surface area contributed by atoms with Crippen LogP contribution in [0.1, 0.15) is 20.3 Å². The Bertz CT molecular complexity index is 410. The van der Waals surface area contributed by atoms with Gasteiger partial charge in [0.2, 0.25) is 0 Å². The van der Waals surface area contributed by atoms with Gasteiger partial charge in [-0.25, -0.2) is 0 Å². The van der Waals surface area contributed by atoms with Crippen LogP contribution in [0.25, 0.3) is 0 Å². The molecule has 96 valence electrons. The van der Waals surface area contributed by atoms with Crippen molar-refractivity contribution >= 4 is 11.6 Å². The van der Waals surface area contributed by atoms with E-state index >= 15 is 0 Å². The summed E-state index contributed by atoms with van der Waals surface area (Å²) in [6, 6.07) is 11.4. The number of nitriles is 1. The highest BCUT2D eigenvalue weighted by Gasteiger charge is 2.15. The van der Waals surface area contributed by atoms with E-state index in [0.717, 1.165) is 5.69 Å². The molecule has 0 unspecified atom stereocenters. The van der Waals surface area contributed by atoms with Gasteiger partial charge < -0.3 is 9.64 Å². The number of hydrogen-bond donors (Lipinski definition) is 0. The topological polar surface area (TPSA) is 53.3 Å². The highest BCUT2D eigenvalue weighted by molar-refractivity contribution is 5.94. The van der Waals surface area contributed by atoms with Crippen molar-refractivity contribution in [2.75, 3.05) is 18.1 Å². The lowest BCUT2D eigenvalue weighted by Gasteiger charge is -2.22. The molecule has 0 spiro atoms. The van der Waals surface area contributed by atoms with Crippen LogP contribution in [0.15, 0.2) is 30.3 Å². The zero-order valence-electron chi connectivity index (χ0n) is 10.8. The van der Waals surface area contributed by atoms with E-state index in [1.807, 2.05) is 44.2 Å². The lowest BCUT2D eigenvalue weighted by molar-refractivity contribution is -0.124. The Labute approximate surface area is 108 Å². The average molecular weight is 246 g/mol. The lowest BCUT2D eigenvalue weighted by atomic mass is 10.2. The second kappa shape index (κ2) is 7.46. The van der Waals surface area contributed by atoms with E-state index < -0.39 is 0 Å². The molecule has 0 heterocycles. The number of amides is 1. The minimum absolute atomic E-state index is 0.0162. The quantitative estimate of drug-likeness (QED) is 0.774. The molecule has 1 rings (SSSR count). The van der Waals surface area contributed by atoms with Gasteiger partial charge >= 0.3 is 0 Å². The standard InChI is InChI=1S/C14H18N2O2/c1-12(2)18-11-14(17)16(10-6-9-15)13-7-4-3-5-8-13/h3-5,7-8,12H,6,10-11H2,1-2H3. The third-order valence-corrected chi connectivity index (χ3v) is 2.36. The Morgan fingerprint density at radius 2 is 2.06 bits per heavy atom. The molecule has 0 bridgehead atoms. The minimum atomic E-state index is -0.120. The van der Waals surface area contributed by atoms with Crippen molar-refractivity contribution < 1.29 is 9.53 Å². The molecule has 4 heteroatoms. The molecular weight excluding hydrogens is 228 g/mol. The molecule has 1 amide bonds. The Kier molecular flexibility index (Phi) is 5.89. The maximum Gasteiger partial charge on any atom is 0.253 e. The van der Waals surface area contributed by atoms with E-state index in [4.69, 9.17) is 10.00 Å². The molecule has 4 nitrogen and oxygen atoms in total. The van der Waals surface area contributed by atoms with Gasteiger partial charge in [0.05, 0.1) is 18.6 Å². The molecule has 1 aromatic rings. The van der Waals surface area contributed by atoms with Crippen molar-refractivity contribution in [3.8, 4) is 6.07 Å². The van der Waals surface area contributed by atoms with Gasteiger partial charge in [0.1, 0.15) is 6.61 Å². The smallest absolute Gasteiger partial charge is 0.253 e. The molecule has 0 saturated heterocycles. The highest BCUT2D eigenvalue weighted by atomic mass is 16.5. The maximum absolute atomic E-state index is 12.0. The van der Waals surface area contributed by atoms with Crippen molar-refractivity contribution in [2.45, 2.75) is 26.4 Å². The van der Waals surface area contributed by atoms with Gasteiger partial charge in [-0.2, -0.15) is 5.26 Å². The SMILES string of the molecule is CC(C)OCC(=O)N(CCC#N)c1ccccc1. The number of ether oxygens (including phenoxy) is 1. The normalized spacial score (nSPS) is 10.1. The fraction of sp³-hybridized carbons (Fsp3) is 0.429. The van der Waals surface area contributed by atoms with Crippen LogP contribution < -0.4 is 4.90 Å². The summed E-state index contributed by atoms with van der Waals surface area (Å²) >= 11 is 0. The van der Waals surface area contributed by atoms with Crippen molar-refractivity contribution in [2.24, 2.45) is 0 Å². The first kappa shape index (κ1) is 14.2. The van der Waals surface area contributed by atoms with Gasteiger partial charge in [0.25, 0.3) is 5.91 Å². The van der Waals surface area contributed by atoms with E-state index in [2.05, 4.69) is 6.07 Å². The van der Waals surface area contributed by atoms with Crippen molar-refractivity contribution in [1.29, 1.82) is 5.26 Å².